The Balaban J connectivity index is 1.89. The number of carbonyl (C=O) groups is 1. The van der Waals surface area contributed by atoms with Crippen molar-refractivity contribution in [2.45, 2.75) is 44.9 Å². The molecule has 2 heterocycles. The van der Waals surface area contributed by atoms with Crippen molar-refractivity contribution < 1.29 is 27.4 Å². The van der Waals surface area contributed by atoms with E-state index in [0.29, 0.717) is 36.4 Å². The van der Waals surface area contributed by atoms with Crippen LogP contribution in [0.5, 0.6) is 5.75 Å². The zero-order valence-electron chi connectivity index (χ0n) is 17.4. The van der Waals surface area contributed by atoms with Gasteiger partial charge in [0.25, 0.3) is 0 Å². The Labute approximate surface area is 173 Å². The van der Waals surface area contributed by atoms with Gasteiger partial charge in [-0.15, -0.1) is 0 Å². The van der Waals surface area contributed by atoms with Gasteiger partial charge in [0.1, 0.15) is 17.0 Å². The summed E-state index contributed by atoms with van der Waals surface area (Å²) in [4.78, 5) is 17.3. The van der Waals surface area contributed by atoms with Gasteiger partial charge in [-0.1, -0.05) is 18.2 Å². The highest BCUT2D eigenvalue weighted by Crippen LogP contribution is 2.42. The molecule has 8 heteroatoms. The summed E-state index contributed by atoms with van der Waals surface area (Å²) < 4.78 is 50.5. The number of hydrogen-bond acceptors (Lipinski definition) is 4. The Hall–Kier alpha value is -2.77. The lowest BCUT2D eigenvalue weighted by molar-refractivity contribution is -0.141. The number of benzene rings is 1. The van der Waals surface area contributed by atoms with Gasteiger partial charge >= 0.3 is 12.3 Å². The number of halogens is 3. The maximum absolute atomic E-state index is 13.1. The maximum Gasteiger partial charge on any atom is 0.433 e. The Morgan fingerprint density at radius 3 is 2.67 bits per heavy atom. The summed E-state index contributed by atoms with van der Waals surface area (Å²) in [5.74, 6) is 0.529. The highest BCUT2D eigenvalue weighted by Gasteiger charge is 2.33. The van der Waals surface area contributed by atoms with Crippen molar-refractivity contribution in [2.24, 2.45) is 0 Å². The summed E-state index contributed by atoms with van der Waals surface area (Å²) in [7, 11) is 1.67. The second-order valence-electron chi connectivity index (χ2n) is 8.35. The second kappa shape index (κ2) is 8.16. The predicted octanol–water partition coefficient (Wildman–Crippen LogP) is 5.50. The molecule has 1 aromatic carbocycles. The number of rotatable bonds is 3. The average molecular weight is 422 g/mol. The number of para-hydroxylation sites is 1. The van der Waals surface area contributed by atoms with Gasteiger partial charge in [-0.3, -0.25) is 4.98 Å². The first-order valence-corrected chi connectivity index (χ1v) is 9.69. The molecule has 2 aromatic rings. The van der Waals surface area contributed by atoms with Crippen molar-refractivity contribution >= 4 is 6.09 Å². The molecule has 1 aliphatic heterocycles. The summed E-state index contributed by atoms with van der Waals surface area (Å²) in [6, 6.07) is 7.96. The molecule has 0 aliphatic carbocycles. The molecule has 1 amide bonds. The molecular formula is C22H25F3N2O3. The van der Waals surface area contributed by atoms with Gasteiger partial charge in [-0.05, 0) is 50.5 Å². The van der Waals surface area contributed by atoms with E-state index in [0.717, 1.165) is 17.8 Å². The molecule has 0 N–H and O–H groups in total. The molecule has 1 atom stereocenters. The zero-order valence-corrected chi connectivity index (χ0v) is 17.4. The number of fused-ring (bicyclic) bond motifs is 1. The minimum atomic E-state index is -4.52. The van der Waals surface area contributed by atoms with Crippen LogP contribution in [0.25, 0.3) is 11.1 Å². The van der Waals surface area contributed by atoms with Crippen LogP contribution in [0.15, 0.2) is 36.5 Å². The van der Waals surface area contributed by atoms with Crippen LogP contribution in [0.3, 0.4) is 0 Å². The molecule has 0 saturated carbocycles. The van der Waals surface area contributed by atoms with Crippen LogP contribution in [0.2, 0.25) is 0 Å². The quantitative estimate of drug-likeness (QED) is 0.655. The monoisotopic (exact) mass is 422 g/mol. The number of amides is 1. The Bertz CT molecular complexity index is 923. The molecule has 3 rings (SSSR count). The van der Waals surface area contributed by atoms with Crippen LogP contribution < -0.4 is 4.74 Å². The van der Waals surface area contributed by atoms with Crippen molar-refractivity contribution in [3.8, 4) is 16.9 Å². The second-order valence-corrected chi connectivity index (χ2v) is 8.35. The highest BCUT2D eigenvalue weighted by molar-refractivity contribution is 5.73. The largest absolute Gasteiger partial charge is 0.493 e. The summed E-state index contributed by atoms with van der Waals surface area (Å²) >= 11 is 0. The fourth-order valence-electron chi connectivity index (χ4n) is 3.41. The van der Waals surface area contributed by atoms with E-state index in [9.17, 15) is 18.0 Å². The molecule has 162 valence electrons. The summed E-state index contributed by atoms with van der Waals surface area (Å²) in [6.45, 7) is 6.24. The number of pyridine rings is 1. The number of carbonyl (C=O) groups excluding carboxylic acids is 1. The molecule has 0 unspecified atom stereocenters. The molecule has 0 fully saturated rings. The summed E-state index contributed by atoms with van der Waals surface area (Å²) in [5.41, 5.74) is 0.276. The van der Waals surface area contributed by atoms with Crippen molar-refractivity contribution in [2.75, 3.05) is 20.2 Å². The topological polar surface area (TPSA) is 51.7 Å². The van der Waals surface area contributed by atoms with Gasteiger partial charge in [-0.2, -0.15) is 13.2 Å². The van der Waals surface area contributed by atoms with Gasteiger partial charge in [0.05, 0.1) is 6.61 Å². The fourth-order valence-corrected chi connectivity index (χ4v) is 3.41. The number of nitrogens with zero attached hydrogens (tertiary/aromatic N) is 2. The van der Waals surface area contributed by atoms with E-state index in [2.05, 4.69) is 4.98 Å². The number of hydrogen-bond donors (Lipinski definition) is 0. The third-order valence-electron chi connectivity index (χ3n) is 4.76. The van der Waals surface area contributed by atoms with Crippen molar-refractivity contribution in [1.29, 1.82) is 0 Å². The minimum Gasteiger partial charge on any atom is -0.493 e. The van der Waals surface area contributed by atoms with E-state index in [-0.39, 0.29) is 5.92 Å². The minimum absolute atomic E-state index is 0.0184. The molecule has 0 bridgehead atoms. The third-order valence-corrected chi connectivity index (χ3v) is 4.76. The number of ether oxygens (including phenoxy) is 2. The third kappa shape index (κ3) is 5.04. The van der Waals surface area contributed by atoms with Crippen LogP contribution in [0, 0.1) is 0 Å². The van der Waals surface area contributed by atoms with Crippen molar-refractivity contribution in [3.05, 3.63) is 47.8 Å². The van der Waals surface area contributed by atoms with E-state index < -0.39 is 23.6 Å². The van der Waals surface area contributed by atoms with E-state index in [1.807, 2.05) is 6.07 Å². The molecular weight excluding hydrogens is 397 g/mol. The molecule has 0 spiro atoms. The SMILES string of the molecule is CN(C[C@H]1CCOc2c(-c3ccnc(C(F)(F)F)c3)cccc21)C(=O)OC(C)(C)C. The van der Waals surface area contributed by atoms with E-state index >= 15 is 0 Å². The number of likely N-dealkylation sites (N-methyl/N-ethyl adjacent to an activating group) is 1. The first-order chi connectivity index (χ1) is 14.0. The van der Waals surface area contributed by atoms with Gasteiger partial charge in [0.15, 0.2) is 0 Å². The van der Waals surface area contributed by atoms with Crippen LogP contribution >= 0.6 is 0 Å². The Kier molecular flexibility index (Phi) is 5.97. The van der Waals surface area contributed by atoms with E-state index in [1.165, 1.54) is 11.0 Å². The van der Waals surface area contributed by atoms with Gasteiger partial charge in [-0.25, -0.2) is 4.79 Å². The number of aromatic nitrogens is 1. The molecule has 5 nitrogen and oxygen atoms in total. The van der Waals surface area contributed by atoms with Crippen LogP contribution in [0.4, 0.5) is 18.0 Å². The standard InChI is InChI=1S/C22H25F3N2O3/c1-21(2,3)30-20(28)27(4)13-15-9-11-29-19-16(6-5-7-17(15)19)14-8-10-26-18(12-14)22(23,24)25/h5-8,10,12,15H,9,11,13H2,1-4H3/t15-/m1/s1. The number of alkyl halides is 3. The molecule has 0 saturated heterocycles. The zero-order chi connectivity index (χ0) is 22.1. The van der Waals surface area contributed by atoms with E-state index in [4.69, 9.17) is 9.47 Å². The van der Waals surface area contributed by atoms with E-state index in [1.54, 1.807) is 40.0 Å². The molecule has 30 heavy (non-hydrogen) atoms. The maximum atomic E-state index is 13.1. The van der Waals surface area contributed by atoms with Gasteiger partial charge < -0.3 is 14.4 Å². The molecule has 1 aromatic heterocycles. The van der Waals surface area contributed by atoms with Gasteiger partial charge in [0, 0.05) is 31.3 Å². The highest BCUT2D eigenvalue weighted by atomic mass is 19.4. The van der Waals surface area contributed by atoms with Crippen LogP contribution in [-0.4, -0.2) is 41.8 Å². The van der Waals surface area contributed by atoms with Crippen LogP contribution in [-0.2, 0) is 10.9 Å². The van der Waals surface area contributed by atoms with Gasteiger partial charge in [0.2, 0.25) is 0 Å². The van der Waals surface area contributed by atoms with Crippen molar-refractivity contribution in [3.63, 3.8) is 0 Å². The average Bonchev–Trinajstić information content (AvgIpc) is 2.66. The predicted molar refractivity (Wildman–Crippen MR) is 106 cm³/mol. The lowest BCUT2D eigenvalue weighted by atomic mass is 9.89. The lowest BCUT2D eigenvalue weighted by Crippen LogP contribution is -2.37. The Morgan fingerprint density at radius 2 is 2.00 bits per heavy atom. The fraction of sp³-hybridized carbons (Fsp3) is 0.455. The summed E-state index contributed by atoms with van der Waals surface area (Å²) in [5, 5.41) is 0. The first kappa shape index (κ1) is 21.9. The normalized spacial score (nSPS) is 16.4. The lowest BCUT2D eigenvalue weighted by Gasteiger charge is -2.31. The smallest absolute Gasteiger partial charge is 0.433 e. The molecule has 0 radical (unpaired) electrons. The Morgan fingerprint density at radius 1 is 1.27 bits per heavy atom. The molecule has 1 aliphatic rings. The van der Waals surface area contributed by atoms with Crippen LogP contribution in [0.1, 0.15) is 44.4 Å². The van der Waals surface area contributed by atoms with Crippen molar-refractivity contribution in [1.82, 2.24) is 9.88 Å². The first-order valence-electron chi connectivity index (χ1n) is 9.69. The summed E-state index contributed by atoms with van der Waals surface area (Å²) in [6.07, 6.45) is -3.11.